The van der Waals surface area contributed by atoms with E-state index in [1.165, 1.54) is 51.5 Å². The molecule has 0 aromatic rings. The SMILES string of the molecule is CC(=O)O[C@@H]1CC[C@]2(CCCCCCCCCCCCCCOC[C@H](CO)NS(=O)(=O)O)O[C@@H]1[C@@H](CCCCC/C=C/C(=O)O[C@H](CO)COP(=O)([O-])OCC[N+](C)(C)C)O2. The third kappa shape index (κ3) is 26.7. The topological polar surface area (TPSA) is 246 Å². The summed E-state index contributed by atoms with van der Waals surface area (Å²) in [5, 5.41) is 18.7. The second kappa shape index (κ2) is 29.8. The van der Waals surface area contributed by atoms with Gasteiger partial charge >= 0.3 is 22.2 Å². The Hall–Kier alpha value is -1.58. The molecule has 358 valence electrons. The zero-order chi connectivity index (χ0) is 45.2. The molecule has 20 heteroatoms. The molecule has 61 heavy (non-hydrogen) atoms. The van der Waals surface area contributed by atoms with Crippen LogP contribution in [0.2, 0.25) is 0 Å². The maximum atomic E-state index is 12.2. The van der Waals surface area contributed by atoms with Crippen LogP contribution in [0.5, 0.6) is 0 Å². The van der Waals surface area contributed by atoms with E-state index < -0.39 is 61.8 Å². The van der Waals surface area contributed by atoms with Gasteiger partial charge in [0, 0.05) is 32.4 Å². The summed E-state index contributed by atoms with van der Waals surface area (Å²) < 4.78 is 83.8. The molecular weight excluding hydrogens is 839 g/mol. The first kappa shape index (κ1) is 55.6. The second-order valence-corrected chi connectivity index (χ2v) is 19.8. The van der Waals surface area contributed by atoms with Crippen molar-refractivity contribution in [1.82, 2.24) is 4.72 Å². The number of fused-ring (bicyclic) bond motifs is 2. The smallest absolute Gasteiger partial charge is 0.333 e. The van der Waals surface area contributed by atoms with E-state index in [-0.39, 0.29) is 37.5 Å². The van der Waals surface area contributed by atoms with Gasteiger partial charge in [-0.3, -0.25) is 13.9 Å². The highest BCUT2D eigenvalue weighted by Gasteiger charge is 2.54. The largest absolute Gasteiger partial charge is 0.756 e. The van der Waals surface area contributed by atoms with Gasteiger partial charge in [-0.2, -0.15) is 13.1 Å². The summed E-state index contributed by atoms with van der Waals surface area (Å²) in [6, 6.07) is -0.854. The maximum Gasteiger partial charge on any atom is 0.333 e. The van der Waals surface area contributed by atoms with Crippen LogP contribution in [0.1, 0.15) is 135 Å². The van der Waals surface area contributed by atoms with Gasteiger partial charge < -0.3 is 52.3 Å². The fourth-order valence-electron chi connectivity index (χ4n) is 7.32. The van der Waals surface area contributed by atoms with Crippen molar-refractivity contribution in [3.63, 3.8) is 0 Å². The van der Waals surface area contributed by atoms with Crippen LogP contribution in [0.4, 0.5) is 0 Å². The van der Waals surface area contributed by atoms with Gasteiger partial charge in [0.2, 0.25) is 0 Å². The number of phosphoric acid groups is 1. The van der Waals surface area contributed by atoms with Gasteiger partial charge in [0.05, 0.1) is 59.7 Å². The molecule has 7 atom stereocenters. The summed E-state index contributed by atoms with van der Waals surface area (Å²) in [5.41, 5.74) is 0. The standard InChI is InChI=1S/C41H77N2O16PS/c1-34(46)56-37-24-26-41(25-20-16-11-9-7-5-6-8-10-12-17-21-28-53-32-35(30-44)42-61(50,51)52)58-38(40(37)59-41)22-18-14-13-15-19-23-39(47)57-36(31-45)33-55-60(48,49)54-29-27-43(2,3)4/h19,23,35-38,40,42,44-45H,5-18,20-22,24-33H2,1-4H3,(H-,48,49,50,51,52)/b23-19+/t35-,36+,37+,38+,40-,41-/m0/s1. The molecule has 0 saturated carbocycles. The molecule has 0 spiro atoms. The Bertz CT molecular complexity index is 1420. The number of carbonyl (C=O) groups excluding carboxylic acids is 2. The Morgan fingerprint density at radius 1 is 0.885 bits per heavy atom. The van der Waals surface area contributed by atoms with Crippen LogP contribution in [0.3, 0.4) is 0 Å². The molecule has 2 bridgehead atoms. The number of quaternary nitrogens is 1. The molecule has 18 nitrogen and oxygen atoms in total. The molecule has 2 aliphatic heterocycles. The first-order valence-electron chi connectivity index (χ1n) is 22.2. The number of likely N-dealkylation sites (N-methyl/N-ethyl adjacent to an activating group) is 1. The predicted molar refractivity (Wildman–Crippen MR) is 225 cm³/mol. The Labute approximate surface area is 364 Å². The van der Waals surface area contributed by atoms with E-state index in [1.54, 1.807) is 6.08 Å². The molecular formula is C41H77N2O16PS. The number of esters is 2. The zero-order valence-corrected chi connectivity index (χ0v) is 38.8. The van der Waals surface area contributed by atoms with Crippen LogP contribution in [0.15, 0.2) is 12.2 Å². The van der Waals surface area contributed by atoms with Crippen molar-refractivity contribution in [3.05, 3.63) is 12.2 Å². The molecule has 2 aliphatic rings. The number of nitrogens with zero attached hydrogens (tertiary/aromatic N) is 1. The monoisotopic (exact) mass is 916 g/mol. The summed E-state index contributed by atoms with van der Waals surface area (Å²) in [5.74, 6) is -1.67. The second-order valence-electron chi connectivity index (χ2n) is 17.2. The molecule has 2 saturated heterocycles. The summed E-state index contributed by atoms with van der Waals surface area (Å²) in [7, 11) is -3.31. The van der Waals surface area contributed by atoms with Crippen molar-refractivity contribution in [1.29, 1.82) is 0 Å². The van der Waals surface area contributed by atoms with Gasteiger partial charge in [0.1, 0.15) is 31.5 Å². The fourth-order valence-corrected chi connectivity index (χ4v) is 8.61. The lowest BCUT2D eigenvalue weighted by Gasteiger charge is -2.35. The number of rotatable bonds is 37. The number of carbonyl (C=O) groups is 2. The molecule has 0 amide bonds. The highest BCUT2D eigenvalue weighted by molar-refractivity contribution is 7.83. The zero-order valence-electron chi connectivity index (χ0n) is 37.1. The van der Waals surface area contributed by atoms with Crippen molar-refractivity contribution in [2.45, 2.75) is 172 Å². The molecule has 2 rings (SSSR count). The van der Waals surface area contributed by atoms with Crippen molar-refractivity contribution in [3.8, 4) is 0 Å². The van der Waals surface area contributed by atoms with Crippen LogP contribution < -0.4 is 9.62 Å². The number of aliphatic hydroxyl groups excluding tert-OH is 2. The van der Waals surface area contributed by atoms with Gasteiger partial charge in [-0.25, -0.2) is 4.79 Å². The molecule has 0 radical (unpaired) electrons. The molecule has 2 heterocycles. The van der Waals surface area contributed by atoms with Gasteiger partial charge in [-0.05, 0) is 38.5 Å². The Morgan fingerprint density at radius 2 is 1.51 bits per heavy atom. The Morgan fingerprint density at radius 3 is 2.10 bits per heavy atom. The molecule has 0 aromatic carbocycles. The van der Waals surface area contributed by atoms with Crippen molar-refractivity contribution >= 4 is 30.1 Å². The highest BCUT2D eigenvalue weighted by atomic mass is 32.2. The third-order valence-electron chi connectivity index (χ3n) is 10.6. The summed E-state index contributed by atoms with van der Waals surface area (Å²) in [6.45, 7) is 0.667. The van der Waals surface area contributed by atoms with E-state index in [4.69, 9.17) is 42.4 Å². The van der Waals surface area contributed by atoms with Crippen LogP contribution in [-0.2, 0) is 57.2 Å². The summed E-state index contributed by atoms with van der Waals surface area (Å²) in [4.78, 5) is 36.1. The van der Waals surface area contributed by atoms with Gasteiger partial charge in [0.15, 0.2) is 5.79 Å². The number of phosphoric ester groups is 1. The number of hydrogen-bond donors (Lipinski definition) is 4. The number of ether oxygens (including phenoxy) is 5. The lowest BCUT2D eigenvalue weighted by molar-refractivity contribution is -0.870. The van der Waals surface area contributed by atoms with Crippen molar-refractivity contribution in [2.75, 3.05) is 67.3 Å². The van der Waals surface area contributed by atoms with Crippen LogP contribution >= 0.6 is 7.82 Å². The number of hydrogen-bond acceptors (Lipinski definition) is 15. The number of nitrogens with one attached hydrogen (secondary N) is 1. The minimum Gasteiger partial charge on any atom is -0.756 e. The quantitative estimate of drug-likeness (QED) is 0.0165. The van der Waals surface area contributed by atoms with E-state index in [9.17, 15) is 32.6 Å². The van der Waals surface area contributed by atoms with Crippen molar-refractivity contribution < 1.29 is 79.4 Å². The van der Waals surface area contributed by atoms with Crippen LogP contribution in [-0.4, -0.2) is 143 Å². The van der Waals surface area contributed by atoms with E-state index in [1.807, 2.05) is 25.9 Å². The van der Waals surface area contributed by atoms with Gasteiger partial charge in [-0.1, -0.05) is 83.1 Å². The Kier molecular flexibility index (Phi) is 27.1. The lowest BCUT2D eigenvalue weighted by atomic mass is 9.94. The number of unbranched alkanes of at least 4 members (excludes halogenated alkanes) is 14. The van der Waals surface area contributed by atoms with E-state index in [0.29, 0.717) is 36.9 Å². The molecule has 1 unspecified atom stereocenters. The number of allylic oxidation sites excluding steroid dienone is 1. The Balaban J connectivity index is 1.57. The molecule has 4 N–H and O–H groups in total. The van der Waals surface area contributed by atoms with Gasteiger partial charge in [0.25, 0.3) is 7.82 Å². The van der Waals surface area contributed by atoms with E-state index in [0.717, 1.165) is 70.6 Å². The number of aliphatic hydroxyl groups is 2. The summed E-state index contributed by atoms with van der Waals surface area (Å²) >= 11 is 0. The van der Waals surface area contributed by atoms with Crippen LogP contribution in [0.25, 0.3) is 0 Å². The first-order chi connectivity index (χ1) is 28.9. The maximum absolute atomic E-state index is 12.2. The average molecular weight is 917 g/mol. The van der Waals surface area contributed by atoms with Crippen molar-refractivity contribution in [2.24, 2.45) is 0 Å². The fraction of sp³-hybridized carbons (Fsp3) is 0.902. The predicted octanol–water partition coefficient (Wildman–Crippen LogP) is 4.65. The normalized spacial score (nSPS) is 22.6. The third-order valence-corrected chi connectivity index (χ3v) is 12.2. The lowest BCUT2D eigenvalue weighted by Crippen LogP contribution is -2.43. The average Bonchev–Trinajstić information content (AvgIpc) is 3.47. The van der Waals surface area contributed by atoms with Crippen LogP contribution in [0, 0.1) is 0 Å². The summed E-state index contributed by atoms with van der Waals surface area (Å²) in [6.07, 6.45) is 20.6. The highest BCUT2D eigenvalue weighted by Crippen LogP contribution is 2.45. The molecule has 2 fully saturated rings. The van der Waals surface area contributed by atoms with Gasteiger partial charge in [-0.15, -0.1) is 0 Å². The first-order valence-corrected chi connectivity index (χ1v) is 25.1. The molecule has 0 aliphatic carbocycles. The van der Waals surface area contributed by atoms with E-state index in [2.05, 4.69) is 0 Å². The minimum absolute atomic E-state index is 0.00915. The minimum atomic E-state index is -4.61. The van der Waals surface area contributed by atoms with E-state index >= 15 is 0 Å². The molecule has 0 aromatic heterocycles.